The quantitative estimate of drug-likeness (QED) is 0.327. The second kappa shape index (κ2) is 14.3. The topological polar surface area (TPSA) is 95.7 Å². The van der Waals surface area contributed by atoms with Crippen molar-refractivity contribution >= 4 is 23.4 Å². The van der Waals surface area contributed by atoms with E-state index in [4.69, 9.17) is 17.3 Å². The van der Waals surface area contributed by atoms with Gasteiger partial charge >= 0.3 is 0 Å². The number of benzene rings is 2. The summed E-state index contributed by atoms with van der Waals surface area (Å²) < 4.78 is 0. The molecule has 3 atom stereocenters. The number of aliphatic hydroxyl groups excluding tert-OH is 1. The monoisotopic (exact) mass is 537 g/mol. The van der Waals surface area contributed by atoms with Gasteiger partial charge in [-0.05, 0) is 48.9 Å². The molecule has 0 spiro atoms. The standard InChI is InChI=1S/C31H40ClN3O3/c1-3-16-35(17-4-2)30(38)31(15-9-13-25(20-31)29(33)37)27(19-23-10-6-5-7-11-23)28(36)22-34-21-24-12-8-14-26(32)18-24/h5-15,18,27-28,34,36H,3-4,16-17,19-22H2,1-2H3,(H2,33,37)/t27-,28+,31?/m1/s1. The van der Waals surface area contributed by atoms with Gasteiger partial charge in [0.05, 0.1) is 11.5 Å². The molecule has 0 saturated carbocycles. The Morgan fingerprint density at radius 3 is 2.39 bits per heavy atom. The fourth-order valence-corrected chi connectivity index (χ4v) is 5.54. The lowest BCUT2D eigenvalue weighted by Crippen LogP contribution is -2.54. The van der Waals surface area contributed by atoms with Gasteiger partial charge in [0, 0.05) is 42.7 Å². The Morgan fingerprint density at radius 2 is 1.76 bits per heavy atom. The molecule has 3 rings (SSSR count). The molecule has 1 unspecified atom stereocenters. The molecule has 1 aliphatic carbocycles. The number of aliphatic hydroxyl groups is 1. The van der Waals surface area contributed by atoms with Crippen LogP contribution in [0.2, 0.25) is 5.02 Å². The Morgan fingerprint density at radius 1 is 1.08 bits per heavy atom. The third-order valence-corrected chi connectivity index (χ3v) is 7.39. The third-order valence-electron chi connectivity index (χ3n) is 7.16. The van der Waals surface area contributed by atoms with Gasteiger partial charge in [0.2, 0.25) is 11.8 Å². The number of nitrogens with one attached hydrogen (secondary N) is 1. The molecule has 4 N–H and O–H groups in total. The highest BCUT2D eigenvalue weighted by Crippen LogP contribution is 2.44. The number of carbonyl (C=O) groups is 2. The molecule has 1 aliphatic rings. The van der Waals surface area contributed by atoms with E-state index in [1.807, 2.05) is 79.4 Å². The maximum Gasteiger partial charge on any atom is 0.244 e. The van der Waals surface area contributed by atoms with Crippen LogP contribution in [0.25, 0.3) is 0 Å². The molecule has 2 aromatic carbocycles. The highest BCUT2D eigenvalue weighted by Gasteiger charge is 2.49. The molecule has 0 saturated heterocycles. The molecule has 2 amide bonds. The van der Waals surface area contributed by atoms with E-state index in [0.29, 0.717) is 36.7 Å². The fraction of sp³-hybridized carbons (Fsp3) is 0.419. The average molecular weight is 538 g/mol. The number of carbonyl (C=O) groups excluding carboxylic acids is 2. The maximum absolute atomic E-state index is 14.4. The van der Waals surface area contributed by atoms with Crippen molar-refractivity contribution in [3.63, 3.8) is 0 Å². The summed E-state index contributed by atoms with van der Waals surface area (Å²) in [6, 6.07) is 17.4. The number of nitrogens with zero attached hydrogens (tertiary/aromatic N) is 1. The summed E-state index contributed by atoms with van der Waals surface area (Å²) >= 11 is 6.13. The third kappa shape index (κ3) is 7.56. The Hall–Kier alpha value is -2.93. The van der Waals surface area contributed by atoms with Crippen LogP contribution in [0, 0.1) is 11.3 Å². The zero-order valence-electron chi connectivity index (χ0n) is 22.4. The summed E-state index contributed by atoms with van der Waals surface area (Å²) in [5.74, 6) is -1.12. The number of nitrogens with two attached hydrogens (primary N) is 1. The van der Waals surface area contributed by atoms with E-state index in [9.17, 15) is 14.7 Å². The first-order valence-electron chi connectivity index (χ1n) is 13.5. The van der Waals surface area contributed by atoms with Crippen LogP contribution in [0.5, 0.6) is 0 Å². The van der Waals surface area contributed by atoms with Crippen molar-refractivity contribution in [2.24, 2.45) is 17.1 Å². The second-order valence-electron chi connectivity index (χ2n) is 10.0. The van der Waals surface area contributed by atoms with E-state index in [-0.39, 0.29) is 18.9 Å². The minimum absolute atomic E-state index is 0.0703. The minimum atomic E-state index is -1.11. The van der Waals surface area contributed by atoms with E-state index < -0.39 is 23.3 Å². The SMILES string of the molecule is CCCN(CCC)C(=O)C1([C@H](Cc2ccccc2)[C@@H](O)CNCc2cccc(Cl)c2)C=CC=C(C(N)=O)C1. The van der Waals surface area contributed by atoms with Crippen LogP contribution in [0.15, 0.2) is 78.4 Å². The highest BCUT2D eigenvalue weighted by molar-refractivity contribution is 6.30. The number of rotatable bonds is 14. The van der Waals surface area contributed by atoms with Gasteiger partial charge in [-0.15, -0.1) is 0 Å². The number of primary amides is 1. The Balaban J connectivity index is 1.98. The van der Waals surface area contributed by atoms with Crippen molar-refractivity contribution in [3.05, 3.63) is 94.5 Å². The van der Waals surface area contributed by atoms with Crippen LogP contribution in [-0.2, 0) is 22.6 Å². The summed E-state index contributed by atoms with van der Waals surface area (Å²) in [5.41, 5.74) is 7.01. The van der Waals surface area contributed by atoms with Crippen molar-refractivity contribution in [1.82, 2.24) is 10.2 Å². The van der Waals surface area contributed by atoms with Crippen LogP contribution in [0.1, 0.15) is 44.2 Å². The van der Waals surface area contributed by atoms with E-state index in [1.54, 1.807) is 12.2 Å². The highest BCUT2D eigenvalue weighted by atomic mass is 35.5. The van der Waals surface area contributed by atoms with Crippen LogP contribution < -0.4 is 11.1 Å². The summed E-state index contributed by atoms with van der Waals surface area (Å²) in [7, 11) is 0. The molecule has 0 bridgehead atoms. The van der Waals surface area contributed by atoms with Gasteiger partial charge in [-0.3, -0.25) is 9.59 Å². The predicted octanol–water partition coefficient (Wildman–Crippen LogP) is 4.66. The number of hydrogen-bond acceptors (Lipinski definition) is 4. The van der Waals surface area contributed by atoms with Gasteiger partial charge in [-0.2, -0.15) is 0 Å². The Bertz CT molecular complexity index is 1130. The summed E-state index contributed by atoms with van der Waals surface area (Å²) in [6.07, 6.45) is 6.70. The van der Waals surface area contributed by atoms with E-state index in [2.05, 4.69) is 5.32 Å². The van der Waals surface area contributed by atoms with Gasteiger partial charge in [0.15, 0.2) is 0 Å². The lowest BCUT2D eigenvalue weighted by Gasteiger charge is -2.44. The fourth-order valence-electron chi connectivity index (χ4n) is 5.33. The molecule has 0 aromatic heterocycles. The summed E-state index contributed by atoms with van der Waals surface area (Å²) in [6.45, 7) is 6.10. The van der Waals surface area contributed by atoms with Crippen molar-refractivity contribution in [3.8, 4) is 0 Å². The first kappa shape index (κ1) is 29.6. The van der Waals surface area contributed by atoms with Crippen LogP contribution in [0.4, 0.5) is 0 Å². The van der Waals surface area contributed by atoms with Crippen molar-refractivity contribution in [2.75, 3.05) is 19.6 Å². The zero-order valence-corrected chi connectivity index (χ0v) is 23.2. The van der Waals surface area contributed by atoms with E-state index in [1.165, 1.54) is 0 Å². The van der Waals surface area contributed by atoms with Gasteiger partial charge in [0.1, 0.15) is 0 Å². The van der Waals surface area contributed by atoms with Crippen LogP contribution in [-0.4, -0.2) is 47.6 Å². The van der Waals surface area contributed by atoms with Gasteiger partial charge in [-0.1, -0.05) is 86.1 Å². The molecular weight excluding hydrogens is 498 g/mol. The van der Waals surface area contributed by atoms with Crippen LogP contribution >= 0.6 is 11.6 Å². The first-order chi connectivity index (χ1) is 18.3. The molecule has 204 valence electrons. The van der Waals surface area contributed by atoms with Crippen molar-refractivity contribution in [2.45, 2.75) is 52.2 Å². The normalized spacial score (nSPS) is 18.5. The van der Waals surface area contributed by atoms with Crippen molar-refractivity contribution < 1.29 is 14.7 Å². The number of halogens is 1. The largest absolute Gasteiger partial charge is 0.391 e. The van der Waals surface area contributed by atoms with Gasteiger partial charge in [0.25, 0.3) is 0 Å². The zero-order chi connectivity index (χ0) is 27.5. The lowest BCUT2D eigenvalue weighted by molar-refractivity contribution is -0.145. The first-order valence-corrected chi connectivity index (χ1v) is 13.8. The van der Waals surface area contributed by atoms with Crippen LogP contribution in [0.3, 0.4) is 0 Å². The van der Waals surface area contributed by atoms with Gasteiger partial charge < -0.3 is 21.1 Å². The van der Waals surface area contributed by atoms with Crippen molar-refractivity contribution in [1.29, 1.82) is 0 Å². The summed E-state index contributed by atoms with van der Waals surface area (Å²) in [5, 5.41) is 15.7. The average Bonchev–Trinajstić information content (AvgIpc) is 2.91. The number of amides is 2. The molecule has 0 aliphatic heterocycles. The van der Waals surface area contributed by atoms with E-state index >= 15 is 0 Å². The molecular formula is C31H40ClN3O3. The predicted molar refractivity (Wildman–Crippen MR) is 153 cm³/mol. The number of hydrogen-bond donors (Lipinski definition) is 3. The van der Waals surface area contributed by atoms with E-state index in [0.717, 1.165) is 24.0 Å². The molecule has 7 heteroatoms. The molecule has 2 aromatic rings. The molecule has 0 radical (unpaired) electrons. The smallest absolute Gasteiger partial charge is 0.244 e. The summed E-state index contributed by atoms with van der Waals surface area (Å²) in [4.78, 5) is 28.6. The molecule has 0 fully saturated rings. The lowest BCUT2D eigenvalue weighted by atomic mass is 9.64. The molecule has 6 nitrogen and oxygen atoms in total. The Labute approximate surface area is 231 Å². The Kier molecular flexibility index (Phi) is 11.1. The second-order valence-corrected chi connectivity index (χ2v) is 10.5. The minimum Gasteiger partial charge on any atom is -0.391 e. The van der Waals surface area contributed by atoms with Gasteiger partial charge in [-0.25, -0.2) is 0 Å². The maximum atomic E-state index is 14.4. The molecule has 38 heavy (non-hydrogen) atoms. The molecule has 0 heterocycles. The number of allylic oxidation sites excluding steroid dienone is 2.